The Morgan fingerprint density at radius 1 is 1.15 bits per heavy atom. The van der Waals surface area contributed by atoms with E-state index in [1.807, 2.05) is 13.0 Å². The van der Waals surface area contributed by atoms with Crippen molar-refractivity contribution in [3.05, 3.63) is 70.5 Å². The summed E-state index contributed by atoms with van der Waals surface area (Å²) in [4.78, 5) is 26.9. The molecule has 0 fully saturated rings. The molecule has 0 unspecified atom stereocenters. The van der Waals surface area contributed by atoms with E-state index in [0.717, 1.165) is 12.0 Å². The summed E-state index contributed by atoms with van der Waals surface area (Å²) in [5, 5.41) is 3.33. The number of halogens is 2. The van der Waals surface area contributed by atoms with Crippen LogP contribution in [-0.2, 0) is 22.6 Å². The Bertz CT molecular complexity index is 780. The maximum atomic E-state index is 13.2. The topological polar surface area (TPSA) is 49.4 Å². The molecule has 4 nitrogen and oxygen atoms in total. The number of hydrogen-bond acceptors (Lipinski definition) is 2. The zero-order chi connectivity index (χ0) is 19.8. The molecule has 1 atom stereocenters. The van der Waals surface area contributed by atoms with Crippen LogP contribution in [0.4, 0.5) is 4.39 Å². The summed E-state index contributed by atoms with van der Waals surface area (Å²) >= 11 is 6.17. The SMILES string of the molecule is CCCNC(=O)[C@H](C)N(Cc1ccc(F)cc1)C(=O)Cc1ccccc1Cl. The minimum Gasteiger partial charge on any atom is -0.354 e. The smallest absolute Gasteiger partial charge is 0.242 e. The highest BCUT2D eigenvalue weighted by Gasteiger charge is 2.26. The lowest BCUT2D eigenvalue weighted by atomic mass is 10.1. The monoisotopic (exact) mass is 390 g/mol. The number of rotatable bonds is 8. The standard InChI is InChI=1S/C21H24ClFN2O2/c1-3-12-24-21(27)15(2)25(14-16-8-10-18(23)11-9-16)20(26)13-17-6-4-5-7-19(17)22/h4-11,15H,3,12-14H2,1-2H3,(H,24,27)/t15-/m0/s1. The predicted octanol–water partition coefficient (Wildman–Crippen LogP) is 3.97. The van der Waals surface area contributed by atoms with Crippen molar-refractivity contribution in [1.82, 2.24) is 10.2 Å². The van der Waals surface area contributed by atoms with E-state index in [1.165, 1.54) is 17.0 Å². The van der Waals surface area contributed by atoms with Gasteiger partial charge in [-0.05, 0) is 42.7 Å². The van der Waals surface area contributed by atoms with Gasteiger partial charge in [0.25, 0.3) is 0 Å². The first kappa shape index (κ1) is 20.9. The Kier molecular flexibility index (Phi) is 7.80. The van der Waals surface area contributed by atoms with Crippen LogP contribution in [0.1, 0.15) is 31.4 Å². The number of carbonyl (C=O) groups excluding carboxylic acids is 2. The second-order valence-electron chi connectivity index (χ2n) is 6.38. The molecular formula is C21H24ClFN2O2. The lowest BCUT2D eigenvalue weighted by Gasteiger charge is -2.29. The zero-order valence-corrected chi connectivity index (χ0v) is 16.3. The fraction of sp³-hybridized carbons (Fsp3) is 0.333. The Balaban J connectivity index is 2.21. The van der Waals surface area contributed by atoms with Gasteiger partial charge in [-0.25, -0.2) is 4.39 Å². The summed E-state index contributed by atoms with van der Waals surface area (Å²) < 4.78 is 13.2. The van der Waals surface area contributed by atoms with E-state index in [-0.39, 0.29) is 30.6 Å². The summed E-state index contributed by atoms with van der Waals surface area (Å²) in [6, 6.07) is 12.4. The third kappa shape index (κ3) is 6.07. The highest BCUT2D eigenvalue weighted by molar-refractivity contribution is 6.31. The lowest BCUT2D eigenvalue weighted by Crippen LogP contribution is -2.48. The van der Waals surface area contributed by atoms with Crippen molar-refractivity contribution in [3.63, 3.8) is 0 Å². The molecule has 0 saturated heterocycles. The largest absolute Gasteiger partial charge is 0.354 e. The van der Waals surface area contributed by atoms with Crippen LogP contribution in [0.25, 0.3) is 0 Å². The Morgan fingerprint density at radius 3 is 2.44 bits per heavy atom. The molecule has 0 bridgehead atoms. The summed E-state index contributed by atoms with van der Waals surface area (Å²) in [7, 11) is 0. The molecule has 2 aromatic rings. The molecule has 2 amide bonds. The average molecular weight is 391 g/mol. The van der Waals surface area contributed by atoms with Gasteiger partial charge in [0.15, 0.2) is 0 Å². The molecule has 2 rings (SSSR count). The van der Waals surface area contributed by atoms with E-state index < -0.39 is 6.04 Å². The van der Waals surface area contributed by atoms with Gasteiger partial charge in [-0.1, -0.05) is 48.9 Å². The molecule has 0 heterocycles. The van der Waals surface area contributed by atoms with Gasteiger partial charge in [0.1, 0.15) is 11.9 Å². The van der Waals surface area contributed by atoms with Gasteiger partial charge >= 0.3 is 0 Å². The van der Waals surface area contributed by atoms with Crippen LogP contribution in [-0.4, -0.2) is 29.3 Å². The third-order valence-corrected chi connectivity index (χ3v) is 4.65. The van der Waals surface area contributed by atoms with Crippen molar-refractivity contribution in [2.24, 2.45) is 0 Å². The van der Waals surface area contributed by atoms with Crippen LogP contribution in [0.2, 0.25) is 5.02 Å². The summed E-state index contributed by atoms with van der Waals surface area (Å²) in [6.45, 7) is 4.42. The molecule has 2 aromatic carbocycles. The molecule has 0 radical (unpaired) electrons. The van der Waals surface area contributed by atoms with Gasteiger partial charge in [-0.15, -0.1) is 0 Å². The number of nitrogens with zero attached hydrogens (tertiary/aromatic N) is 1. The number of carbonyl (C=O) groups is 2. The fourth-order valence-electron chi connectivity index (χ4n) is 2.67. The normalized spacial score (nSPS) is 11.7. The minimum atomic E-state index is -0.656. The predicted molar refractivity (Wildman–Crippen MR) is 105 cm³/mol. The molecule has 144 valence electrons. The second kappa shape index (κ2) is 10.1. The van der Waals surface area contributed by atoms with Crippen molar-refractivity contribution < 1.29 is 14.0 Å². The van der Waals surface area contributed by atoms with Crippen LogP contribution in [0.5, 0.6) is 0 Å². The maximum Gasteiger partial charge on any atom is 0.242 e. The van der Waals surface area contributed by atoms with Crippen LogP contribution in [0, 0.1) is 5.82 Å². The molecule has 0 aliphatic rings. The highest BCUT2D eigenvalue weighted by Crippen LogP contribution is 2.18. The van der Waals surface area contributed by atoms with E-state index in [2.05, 4.69) is 5.32 Å². The molecular weight excluding hydrogens is 367 g/mol. The maximum absolute atomic E-state index is 13.2. The zero-order valence-electron chi connectivity index (χ0n) is 15.5. The first-order valence-corrected chi connectivity index (χ1v) is 9.35. The molecule has 0 aliphatic carbocycles. The molecule has 6 heteroatoms. The number of hydrogen-bond donors (Lipinski definition) is 1. The van der Waals surface area contributed by atoms with Crippen LogP contribution >= 0.6 is 11.6 Å². The van der Waals surface area contributed by atoms with Crippen molar-refractivity contribution in [1.29, 1.82) is 0 Å². The quantitative estimate of drug-likeness (QED) is 0.741. The Hall–Kier alpha value is -2.40. The van der Waals surface area contributed by atoms with E-state index in [1.54, 1.807) is 37.3 Å². The van der Waals surface area contributed by atoms with E-state index in [9.17, 15) is 14.0 Å². The Morgan fingerprint density at radius 2 is 1.81 bits per heavy atom. The highest BCUT2D eigenvalue weighted by atomic mass is 35.5. The summed E-state index contributed by atoms with van der Waals surface area (Å²) in [6.07, 6.45) is 0.899. The van der Waals surface area contributed by atoms with Crippen LogP contribution in [0.3, 0.4) is 0 Å². The van der Waals surface area contributed by atoms with Gasteiger partial charge in [0, 0.05) is 18.1 Å². The molecule has 0 saturated carbocycles. The molecule has 27 heavy (non-hydrogen) atoms. The number of nitrogens with one attached hydrogen (secondary N) is 1. The van der Waals surface area contributed by atoms with Crippen molar-refractivity contribution >= 4 is 23.4 Å². The van der Waals surface area contributed by atoms with Gasteiger partial charge in [-0.3, -0.25) is 9.59 Å². The lowest BCUT2D eigenvalue weighted by molar-refractivity contribution is -0.140. The second-order valence-corrected chi connectivity index (χ2v) is 6.79. The van der Waals surface area contributed by atoms with Crippen molar-refractivity contribution in [2.75, 3.05) is 6.54 Å². The third-order valence-electron chi connectivity index (χ3n) is 4.28. The fourth-order valence-corrected chi connectivity index (χ4v) is 2.87. The van der Waals surface area contributed by atoms with E-state index >= 15 is 0 Å². The summed E-state index contributed by atoms with van der Waals surface area (Å²) in [5.41, 5.74) is 1.45. The van der Waals surface area contributed by atoms with Crippen LogP contribution in [0.15, 0.2) is 48.5 Å². The summed E-state index contributed by atoms with van der Waals surface area (Å²) in [5.74, 6) is -0.778. The minimum absolute atomic E-state index is 0.0895. The van der Waals surface area contributed by atoms with Crippen LogP contribution < -0.4 is 5.32 Å². The van der Waals surface area contributed by atoms with Gasteiger partial charge in [0.2, 0.25) is 11.8 Å². The molecule has 0 aromatic heterocycles. The molecule has 0 aliphatic heterocycles. The Labute approximate surface area is 164 Å². The van der Waals surface area contributed by atoms with Gasteiger partial charge < -0.3 is 10.2 Å². The van der Waals surface area contributed by atoms with Crippen molar-refractivity contribution in [3.8, 4) is 0 Å². The number of amides is 2. The van der Waals surface area contributed by atoms with E-state index in [0.29, 0.717) is 17.1 Å². The van der Waals surface area contributed by atoms with Gasteiger partial charge in [-0.2, -0.15) is 0 Å². The van der Waals surface area contributed by atoms with E-state index in [4.69, 9.17) is 11.6 Å². The first-order chi connectivity index (χ1) is 12.9. The molecule has 0 spiro atoms. The van der Waals surface area contributed by atoms with Gasteiger partial charge in [0.05, 0.1) is 6.42 Å². The first-order valence-electron chi connectivity index (χ1n) is 8.97. The molecule has 1 N–H and O–H groups in total. The van der Waals surface area contributed by atoms with Crippen molar-refractivity contribution in [2.45, 2.75) is 39.3 Å². The number of benzene rings is 2. The average Bonchev–Trinajstić information content (AvgIpc) is 2.66.